The molecule has 0 aliphatic heterocycles. The maximum atomic E-state index is 13.9. The minimum atomic E-state index is -0.870. The van der Waals surface area contributed by atoms with Crippen LogP contribution in [0.25, 0.3) is 0 Å². The van der Waals surface area contributed by atoms with Crippen LogP contribution >= 0.6 is 0 Å². The lowest BCUT2D eigenvalue weighted by atomic mass is 9.71. The predicted molar refractivity (Wildman–Crippen MR) is 80.7 cm³/mol. The maximum Gasteiger partial charge on any atom is 0.254 e. The smallest absolute Gasteiger partial charge is 0.254 e. The zero-order valence-electron chi connectivity index (χ0n) is 13.0. The van der Waals surface area contributed by atoms with Crippen molar-refractivity contribution < 1.29 is 14.3 Å². The number of hydrogen-bond donors (Lipinski definition) is 2. The standard InChI is InChI=1S/C17H24FNO2/c1-12-5-4-6-13(14(12)18)15(20)19-11-17(21)9-7-16(2,3)8-10-17/h4-6,21H,7-11H2,1-3H3,(H,19,20). The Hall–Kier alpha value is -1.42. The summed E-state index contributed by atoms with van der Waals surface area (Å²) in [6, 6.07) is 4.75. The zero-order valence-corrected chi connectivity index (χ0v) is 13.0. The molecule has 0 radical (unpaired) electrons. The molecule has 21 heavy (non-hydrogen) atoms. The van der Waals surface area contributed by atoms with E-state index in [9.17, 15) is 14.3 Å². The highest BCUT2D eigenvalue weighted by atomic mass is 19.1. The molecule has 1 fully saturated rings. The predicted octanol–water partition coefficient (Wildman–Crippen LogP) is 3.20. The van der Waals surface area contributed by atoms with Gasteiger partial charge in [-0.1, -0.05) is 26.0 Å². The molecular formula is C17H24FNO2. The molecule has 1 aliphatic rings. The van der Waals surface area contributed by atoms with Gasteiger partial charge >= 0.3 is 0 Å². The van der Waals surface area contributed by atoms with Gasteiger partial charge in [0.15, 0.2) is 0 Å². The molecule has 0 aromatic heterocycles. The van der Waals surface area contributed by atoms with Crippen molar-refractivity contribution in [3.8, 4) is 0 Å². The SMILES string of the molecule is Cc1cccc(C(=O)NCC2(O)CCC(C)(C)CC2)c1F. The van der Waals surface area contributed by atoms with E-state index in [1.54, 1.807) is 19.1 Å². The van der Waals surface area contributed by atoms with E-state index in [1.807, 2.05) is 0 Å². The molecule has 4 heteroatoms. The molecule has 0 atom stereocenters. The lowest BCUT2D eigenvalue weighted by molar-refractivity contribution is -0.0233. The molecule has 1 amide bonds. The van der Waals surface area contributed by atoms with Gasteiger partial charge in [0.25, 0.3) is 5.91 Å². The number of hydrogen-bond acceptors (Lipinski definition) is 2. The molecule has 0 unspecified atom stereocenters. The van der Waals surface area contributed by atoms with Gasteiger partial charge in [0.2, 0.25) is 0 Å². The Labute approximate surface area is 125 Å². The summed E-state index contributed by atoms with van der Waals surface area (Å²) in [6.07, 6.45) is 3.18. The first-order valence-electron chi connectivity index (χ1n) is 7.48. The highest BCUT2D eigenvalue weighted by Crippen LogP contribution is 2.39. The fourth-order valence-electron chi connectivity index (χ4n) is 2.73. The van der Waals surface area contributed by atoms with E-state index in [1.165, 1.54) is 6.07 Å². The van der Waals surface area contributed by atoms with Crippen molar-refractivity contribution in [2.24, 2.45) is 5.41 Å². The van der Waals surface area contributed by atoms with Crippen molar-refractivity contribution in [3.63, 3.8) is 0 Å². The van der Waals surface area contributed by atoms with Gasteiger partial charge in [-0.3, -0.25) is 4.79 Å². The molecule has 116 valence electrons. The highest BCUT2D eigenvalue weighted by Gasteiger charge is 2.36. The molecule has 2 N–H and O–H groups in total. The summed E-state index contributed by atoms with van der Waals surface area (Å²) in [5.74, 6) is -0.957. The van der Waals surface area contributed by atoms with Gasteiger partial charge in [-0.05, 0) is 49.7 Å². The van der Waals surface area contributed by atoms with Crippen molar-refractivity contribution in [2.75, 3.05) is 6.54 Å². The molecule has 1 saturated carbocycles. The molecule has 0 heterocycles. The molecule has 1 aliphatic carbocycles. The van der Waals surface area contributed by atoms with Crippen molar-refractivity contribution in [1.29, 1.82) is 0 Å². The number of benzene rings is 1. The third kappa shape index (κ3) is 3.82. The number of amides is 1. The van der Waals surface area contributed by atoms with Crippen molar-refractivity contribution in [1.82, 2.24) is 5.32 Å². The zero-order chi connectivity index (χ0) is 15.7. The second-order valence-corrected chi connectivity index (χ2v) is 7.01. The summed E-state index contributed by atoms with van der Waals surface area (Å²) < 4.78 is 13.9. The number of halogens is 1. The third-order valence-electron chi connectivity index (χ3n) is 4.55. The average molecular weight is 293 g/mol. The van der Waals surface area contributed by atoms with E-state index >= 15 is 0 Å². The van der Waals surface area contributed by atoms with Gasteiger partial charge in [-0.25, -0.2) is 4.39 Å². The van der Waals surface area contributed by atoms with E-state index in [2.05, 4.69) is 19.2 Å². The van der Waals surface area contributed by atoms with Crippen molar-refractivity contribution in [3.05, 3.63) is 35.1 Å². The van der Waals surface area contributed by atoms with Crippen LogP contribution in [0.4, 0.5) is 4.39 Å². The van der Waals surface area contributed by atoms with Crippen LogP contribution in [-0.4, -0.2) is 23.2 Å². The molecule has 0 spiro atoms. The van der Waals surface area contributed by atoms with Crippen LogP contribution < -0.4 is 5.32 Å². The first kappa shape index (κ1) is 16.0. The van der Waals surface area contributed by atoms with Gasteiger partial charge in [-0.15, -0.1) is 0 Å². The Morgan fingerprint density at radius 1 is 1.29 bits per heavy atom. The Bertz CT molecular complexity index is 530. The molecule has 0 saturated heterocycles. The Balaban J connectivity index is 1.97. The minimum Gasteiger partial charge on any atom is -0.388 e. The first-order valence-corrected chi connectivity index (χ1v) is 7.48. The monoisotopic (exact) mass is 293 g/mol. The fraction of sp³-hybridized carbons (Fsp3) is 0.588. The second-order valence-electron chi connectivity index (χ2n) is 7.01. The number of carbonyl (C=O) groups excluding carboxylic acids is 1. The molecule has 0 bridgehead atoms. The lowest BCUT2D eigenvalue weighted by Gasteiger charge is -2.40. The average Bonchev–Trinajstić information content (AvgIpc) is 2.43. The molecule has 2 rings (SSSR count). The normalized spacial score (nSPS) is 20.0. The van der Waals surface area contributed by atoms with Crippen LogP contribution in [0.2, 0.25) is 0 Å². The number of rotatable bonds is 3. The minimum absolute atomic E-state index is 0.0368. The Kier molecular flexibility index (Phi) is 4.38. The molecule has 3 nitrogen and oxygen atoms in total. The lowest BCUT2D eigenvalue weighted by Crippen LogP contribution is -2.46. The summed E-state index contributed by atoms with van der Waals surface area (Å²) in [4.78, 5) is 12.1. The number of aryl methyl sites for hydroxylation is 1. The van der Waals surface area contributed by atoms with Crippen LogP contribution in [0.3, 0.4) is 0 Å². The summed E-state index contributed by atoms with van der Waals surface area (Å²) >= 11 is 0. The van der Waals surface area contributed by atoms with E-state index in [0.29, 0.717) is 18.4 Å². The van der Waals surface area contributed by atoms with Gasteiger partial charge in [0, 0.05) is 6.54 Å². The second kappa shape index (κ2) is 5.76. The molecule has 1 aromatic carbocycles. The topological polar surface area (TPSA) is 49.3 Å². The number of carbonyl (C=O) groups is 1. The van der Waals surface area contributed by atoms with E-state index in [4.69, 9.17) is 0 Å². The Morgan fingerprint density at radius 2 is 1.90 bits per heavy atom. The summed E-state index contributed by atoms with van der Waals surface area (Å²) in [5.41, 5.74) is -0.139. The highest BCUT2D eigenvalue weighted by molar-refractivity contribution is 5.94. The third-order valence-corrected chi connectivity index (χ3v) is 4.55. The van der Waals surface area contributed by atoms with Crippen LogP contribution in [-0.2, 0) is 0 Å². The van der Waals surface area contributed by atoms with Crippen molar-refractivity contribution in [2.45, 2.75) is 52.1 Å². The van der Waals surface area contributed by atoms with E-state index < -0.39 is 17.3 Å². The number of nitrogens with one attached hydrogen (secondary N) is 1. The van der Waals surface area contributed by atoms with Crippen molar-refractivity contribution >= 4 is 5.91 Å². The van der Waals surface area contributed by atoms with E-state index in [-0.39, 0.29) is 17.5 Å². The molecular weight excluding hydrogens is 269 g/mol. The first-order chi connectivity index (χ1) is 9.72. The summed E-state index contributed by atoms with van der Waals surface area (Å²) in [6.45, 7) is 6.18. The van der Waals surface area contributed by atoms with Crippen LogP contribution in [0, 0.1) is 18.2 Å². The van der Waals surface area contributed by atoms with Gasteiger partial charge < -0.3 is 10.4 Å². The summed E-state index contributed by atoms with van der Waals surface area (Å²) in [5, 5.41) is 13.2. The largest absolute Gasteiger partial charge is 0.388 e. The molecule has 1 aromatic rings. The summed E-state index contributed by atoms with van der Waals surface area (Å²) in [7, 11) is 0. The quantitative estimate of drug-likeness (QED) is 0.899. The number of aliphatic hydroxyl groups is 1. The van der Waals surface area contributed by atoms with Crippen LogP contribution in [0.5, 0.6) is 0 Å². The van der Waals surface area contributed by atoms with Gasteiger partial charge in [0.1, 0.15) is 5.82 Å². The fourth-order valence-corrected chi connectivity index (χ4v) is 2.73. The van der Waals surface area contributed by atoms with Gasteiger partial charge in [0.05, 0.1) is 11.2 Å². The Morgan fingerprint density at radius 3 is 2.52 bits per heavy atom. The van der Waals surface area contributed by atoms with Crippen LogP contribution in [0.1, 0.15) is 55.5 Å². The maximum absolute atomic E-state index is 13.9. The van der Waals surface area contributed by atoms with E-state index in [0.717, 1.165) is 12.8 Å². The van der Waals surface area contributed by atoms with Gasteiger partial charge in [-0.2, -0.15) is 0 Å². The van der Waals surface area contributed by atoms with Crippen LogP contribution in [0.15, 0.2) is 18.2 Å².